The third-order valence-corrected chi connectivity index (χ3v) is 7.74. The van der Waals surface area contributed by atoms with Crippen LogP contribution in [0.1, 0.15) is 43.2 Å². The van der Waals surface area contributed by atoms with Gasteiger partial charge in [0.25, 0.3) is 0 Å². The SMILES string of the molecule is C=CCCc1ccc(CCCCCN2CCN(c3cccc(Cl)c3Cl)CC2)cc1N(C)CCC=C. The molecular formula is C30H41Cl2N3. The van der Waals surface area contributed by atoms with Crippen LogP contribution in [0.3, 0.4) is 0 Å². The van der Waals surface area contributed by atoms with Gasteiger partial charge in [0.15, 0.2) is 0 Å². The Kier molecular flexibility index (Phi) is 11.5. The van der Waals surface area contributed by atoms with E-state index in [2.05, 4.69) is 59.2 Å². The molecule has 3 nitrogen and oxygen atoms in total. The predicted octanol–water partition coefficient (Wildman–Crippen LogP) is 7.66. The van der Waals surface area contributed by atoms with Crippen molar-refractivity contribution in [2.45, 2.75) is 44.9 Å². The summed E-state index contributed by atoms with van der Waals surface area (Å²) >= 11 is 12.6. The van der Waals surface area contributed by atoms with Crippen LogP contribution >= 0.6 is 23.2 Å². The van der Waals surface area contributed by atoms with Crippen LogP contribution < -0.4 is 9.80 Å². The zero-order valence-corrected chi connectivity index (χ0v) is 22.8. The van der Waals surface area contributed by atoms with E-state index in [1.807, 2.05) is 24.3 Å². The second-order valence-electron chi connectivity index (χ2n) is 9.50. The standard InChI is InChI=1S/C30H41Cl2N3/c1-4-6-13-26-17-16-25(24-29(26)33(3)18-7-5-2)12-9-8-10-19-34-20-22-35(23-21-34)28-15-11-14-27(31)30(28)32/h4-5,11,14-17,24H,1-2,6-10,12-13,18-23H2,3H3. The molecule has 1 aliphatic rings. The van der Waals surface area contributed by atoms with Crippen molar-refractivity contribution in [3.8, 4) is 0 Å². The minimum atomic E-state index is 0.633. The first-order valence-corrected chi connectivity index (χ1v) is 13.7. The van der Waals surface area contributed by atoms with Gasteiger partial charge in [0.2, 0.25) is 0 Å². The number of piperazine rings is 1. The van der Waals surface area contributed by atoms with Crippen molar-refractivity contribution in [2.24, 2.45) is 0 Å². The van der Waals surface area contributed by atoms with E-state index in [1.165, 1.54) is 42.6 Å². The third-order valence-electron chi connectivity index (χ3n) is 6.93. The second kappa shape index (κ2) is 14.6. The minimum Gasteiger partial charge on any atom is -0.374 e. The fourth-order valence-electron chi connectivity index (χ4n) is 4.78. The van der Waals surface area contributed by atoms with Crippen LogP contribution in [0.4, 0.5) is 11.4 Å². The van der Waals surface area contributed by atoms with E-state index < -0.39 is 0 Å². The lowest BCUT2D eigenvalue weighted by Gasteiger charge is -2.36. The fraction of sp³-hybridized carbons (Fsp3) is 0.467. The summed E-state index contributed by atoms with van der Waals surface area (Å²) in [5.41, 5.74) is 5.28. The average molecular weight is 515 g/mol. The van der Waals surface area contributed by atoms with E-state index in [4.69, 9.17) is 23.2 Å². The fourth-order valence-corrected chi connectivity index (χ4v) is 5.20. The molecule has 1 saturated heterocycles. The van der Waals surface area contributed by atoms with Gasteiger partial charge >= 0.3 is 0 Å². The van der Waals surface area contributed by atoms with E-state index in [0.717, 1.165) is 64.1 Å². The highest BCUT2D eigenvalue weighted by Gasteiger charge is 2.19. The molecule has 0 aromatic heterocycles. The van der Waals surface area contributed by atoms with Gasteiger partial charge in [0, 0.05) is 45.5 Å². The van der Waals surface area contributed by atoms with Crippen molar-refractivity contribution in [3.63, 3.8) is 0 Å². The van der Waals surface area contributed by atoms with Crippen LogP contribution in [0.15, 0.2) is 61.7 Å². The van der Waals surface area contributed by atoms with Gasteiger partial charge in [-0.15, -0.1) is 13.2 Å². The molecule has 0 saturated carbocycles. The molecule has 35 heavy (non-hydrogen) atoms. The van der Waals surface area contributed by atoms with Crippen LogP contribution in [0, 0.1) is 0 Å². The normalized spacial score (nSPS) is 14.2. The summed E-state index contributed by atoms with van der Waals surface area (Å²) < 4.78 is 0. The molecule has 0 spiro atoms. The molecule has 0 radical (unpaired) electrons. The number of rotatable bonds is 14. The largest absolute Gasteiger partial charge is 0.374 e. The van der Waals surface area contributed by atoms with Crippen LogP contribution in [0.2, 0.25) is 10.0 Å². The van der Waals surface area contributed by atoms with Crippen molar-refractivity contribution in [3.05, 3.63) is 82.9 Å². The van der Waals surface area contributed by atoms with E-state index in [-0.39, 0.29) is 0 Å². The van der Waals surface area contributed by atoms with Gasteiger partial charge in [-0.25, -0.2) is 0 Å². The highest BCUT2D eigenvalue weighted by atomic mass is 35.5. The van der Waals surface area contributed by atoms with Crippen LogP contribution in [-0.4, -0.2) is 51.2 Å². The first kappa shape index (κ1) is 27.6. The number of allylic oxidation sites excluding steroid dienone is 1. The molecule has 2 aromatic carbocycles. The number of hydrogen-bond acceptors (Lipinski definition) is 3. The summed E-state index contributed by atoms with van der Waals surface area (Å²) in [7, 11) is 2.19. The molecule has 1 fully saturated rings. The smallest absolute Gasteiger partial charge is 0.0825 e. The summed E-state index contributed by atoms with van der Waals surface area (Å²) in [6.45, 7) is 14.1. The van der Waals surface area contributed by atoms with Crippen molar-refractivity contribution >= 4 is 34.6 Å². The van der Waals surface area contributed by atoms with E-state index >= 15 is 0 Å². The highest BCUT2D eigenvalue weighted by Crippen LogP contribution is 2.33. The number of aryl methyl sites for hydroxylation is 2. The number of benzene rings is 2. The first-order valence-electron chi connectivity index (χ1n) is 13.0. The maximum absolute atomic E-state index is 6.41. The van der Waals surface area contributed by atoms with E-state index in [1.54, 1.807) is 0 Å². The second-order valence-corrected chi connectivity index (χ2v) is 10.3. The quantitative estimate of drug-likeness (QED) is 0.189. The topological polar surface area (TPSA) is 9.72 Å². The maximum atomic E-state index is 6.41. The molecule has 0 amide bonds. The van der Waals surface area contributed by atoms with Gasteiger partial charge < -0.3 is 9.80 Å². The number of nitrogens with zero attached hydrogens (tertiary/aromatic N) is 3. The Labute approximate surface area is 223 Å². The Hall–Kier alpha value is -1.94. The lowest BCUT2D eigenvalue weighted by Crippen LogP contribution is -2.46. The zero-order chi connectivity index (χ0) is 25.0. The van der Waals surface area contributed by atoms with Crippen molar-refractivity contribution in [1.82, 2.24) is 4.90 Å². The lowest BCUT2D eigenvalue weighted by atomic mass is 10.00. The van der Waals surface area contributed by atoms with Crippen LogP contribution in [0.5, 0.6) is 0 Å². The molecule has 0 N–H and O–H groups in total. The van der Waals surface area contributed by atoms with Crippen molar-refractivity contribution in [1.29, 1.82) is 0 Å². The molecule has 1 aliphatic heterocycles. The number of halogens is 2. The molecule has 0 atom stereocenters. The van der Waals surface area contributed by atoms with Gasteiger partial charge in [0.1, 0.15) is 0 Å². The number of unbranched alkanes of at least 4 members (excludes halogenated alkanes) is 2. The zero-order valence-electron chi connectivity index (χ0n) is 21.3. The molecule has 5 heteroatoms. The van der Waals surface area contributed by atoms with Gasteiger partial charge in [-0.1, -0.05) is 60.0 Å². The first-order chi connectivity index (χ1) is 17.0. The summed E-state index contributed by atoms with van der Waals surface area (Å²) in [5.74, 6) is 0. The average Bonchev–Trinajstić information content (AvgIpc) is 2.88. The summed E-state index contributed by atoms with van der Waals surface area (Å²) in [6.07, 6.45) is 12.0. The number of anilines is 2. The monoisotopic (exact) mass is 513 g/mol. The Morgan fingerprint density at radius 2 is 1.69 bits per heavy atom. The Balaban J connectivity index is 1.41. The Morgan fingerprint density at radius 3 is 2.43 bits per heavy atom. The van der Waals surface area contributed by atoms with Crippen molar-refractivity contribution < 1.29 is 0 Å². The lowest BCUT2D eigenvalue weighted by molar-refractivity contribution is 0.252. The molecule has 3 rings (SSSR count). The number of hydrogen-bond donors (Lipinski definition) is 0. The molecule has 0 bridgehead atoms. The van der Waals surface area contributed by atoms with E-state index in [9.17, 15) is 0 Å². The summed E-state index contributed by atoms with van der Waals surface area (Å²) in [6, 6.07) is 12.9. The highest BCUT2D eigenvalue weighted by molar-refractivity contribution is 6.43. The molecule has 190 valence electrons. The van der Waals surface area contributed by atoms with Gasteiger partial charge in [0.05, 0.1) is 15.7 Å². The molecule has 0 aliphatic carbocycles. The van der Waals surface area contributed by atoms with E-state index in [0.29, 0.717) is 10.0 Å². The molecule has 0 unspecified atom stereocenters. The predicted molar refractivity (Wildman–Crippen MR) is 156 cm³/mol. The van der Waals surface area contributed by atoms with Crippen molar-refractivity contribution in [2.75, 3.05) is 56.1 Å². The minimum absolute atomic E-state index is 0.633. The molecular weight excluding hydrogens is 473 g/mol. The summed E-state index contributed by atoms with van der Waals surface area (Å²) in [4.78, 5) is 7.31. The van der Waals surface area contributed by atoms with Gasteiger partial charge in [-0.2, -0.15) is 0 Å². The van der Waals surface area contributed by atoms with Crippen LogP contribution in [-0.2, 0) is 12.8 Å². The van der Waals surface area contributed by atoms with Gasteiger partial charge in [-0.05, 0) is 74.4 Å². The van der Waals surface area contributed by atoms with Crippen LogP contribution in [0.25, 0.3) is 0 Å². The third kappa shape index (κ3) is 8.31. The Morgan fingerprint density at radius 1 is 0.914 bits per heavy atom. The maximum Gasteiger partial charge on any atom is 0.0825 e. The summed E-state index contributed by atoms with van der Waals surface area (Å²) in [5, 5.41) is 1.31. The molecule has 2 aromatic rings. The van der Waals surface area contributed by atoms with Gasteiger partial charge in [-0.3, -0.25) is 4.90 Å². The Bertz CT molecular complexity index is 951. The molecule has 1 heterocycles.